The molecular formula is C48H42N2. The molecule has 0 N–H and O–H groups in total. The van der Waals surface area contributed by atoms with Crippen molar-refractivity contribution >= 4 is 28.4 Å². The Bertz CT molecular complexity index is 2180. The summed E-state index contributed by atoms with van der Waals surface area (Å²) in [6.07, 6.45) is 7.48. The van der Waals surface area contributed by atoms with E-state index in [1.165, 1.54) is 22.3 Å². The average molecular weight is 647 g/mol. The molecular weight excluding hydrogens is 605 g/mol. The number of nitrogens with zero attached hydrogens (tertiary/aromatic N) is 2. The van der Waals surface area contributed by atoms with Gasteiger partial charge in [-0.3, -0.25) is 0 Å². The van der Waals surface area contributed by atoms with Crippen LogP contribution in [0.4, 0.5) is 28.4 Å². The van der Waals surface area contributed by atoms with E-state index in [0.717, 1.165) is 51.7 Å². The maximum absolute atomic E-state index is 3.48. The van der Waals surface area contributed by atoms with E-state index in [1.54, 1.807) is 0 Å². The summed E-state index contributed by atoms with van der Waals surface area (Å²) in [7, 11) is 0. The van der Waals surface area contributed by atoms with Crippen LogP contribution in [0.5, 0.6) is 0 Å². The van der Waals surface area contributed by atoms with E-state index in [9.17, 15) is 0 Å². The first-order valence-electron chi connectivity index (χ1n) is 17.5. The SMILES string of the molecule is C/C=C\C(=C/CC)N(c1ccccc1)c1ccc(C#Cc2ccc3c(c2)C(C)(C)c2cc(N(c4ccccc4)c4ccccc4)ccc2-3)cc1. The van der Waals surface area contributed by atoms with Gasteiger partial charge in [-0.05, 0) is 127 Å². The quantitative estimate of drug-likeness (QED) is 0.120. The van der Waals surface area contributed by atoms with Crippen molar-refractivity contribution in [2.24, 2.45) is 0 Å². The van der Waals surface area contributed by atoms with Gasteiger partial charge in [-0.2, -0.15) is 0 Å². The Morgan fingerprint density at radius 3 is 1.62 bits per heavy atom. The van der Waals surface area contributed by atoms with Crippen LogP contribution in [0.25, 0.3) is 11.1 Å². The third kappa shape index (κ3) is 6.39. The lowest BCUT2D eigenvalue weighted by Gasteiger charge is -2.28. The van der Waals surface area contributed by atoms with Gasteiger partial charge in [-0.15, -0.1) is 0 Å². The number of allylic oxidation sites excluding steroid dienone is 3. The normalized spacial score (nSPS) is 12.9. The van der Waals surface area contributed by atoms with E-state index < -0.39 is 0 Å². The minimum absolute atomic E-state index is 0.170. The number of hydrogen-bond donors (Lipinski definition) is 0. The zero-order valence-corrected chi connectivity index (χ0v) is 29.3. The molecule has 50 heavy (non-hydrogen) atoms. The standard InChI is InChI=1S/C48H42N2/c1-5-16-38(17-6-2)49(39-18-10-7-11-19-39)42-29-26-36(27-30-42)24-25-37-28-32-44-45-33-31-43(35-47(45)48(3,4)46(44)34-37)50(40-20-12-8-13-21-40)41-22-14-9-15-23-41/h5,7-23,26-35H,6H2,1-4H3/b16-5-,38-17+. The monoisotopic (exact) mass is 646 g/mol. The van der Waals surface area contributed by atoms with Gasteiger partial charge in [0, 0.05) is 50.7 Å². The molecule has 0 fully saturated rings. The van der Waals surface area contributed by atoms with Crippen LogP contribution in [0.3, 0.4) is 0 Å². The van der Waals surface area contributed by atoms with E-state index in [1.807, 2.05) is 0 Å². The zero-order valence-electron chi connectivity index (χ0n) is 29.3. The molecule has 0 aromatic heterocycles. The van der Waals surface area contributed by atoms with Crippen LogP contribution in [0.1, 0.15) is 56.4 Å². The molecule has 0 saturated carbocycles. The Morgan fingerprint density at radius 1 is 0.560 bits per heavy atom. The van der Waals surface area contributed by atoms with Gasteiger partial charge < -0.3 is 9.80 Å². The third-order valence-corrected chi connectivity index (χ3v) is 9.45. The fourth-order valence-corrected chi connectivity index (χ4v) is 7.02. The molecule has 2 nitrogen and oxygen atoms in total. The number of benzene rings is 6. The van der Waals surface area contributed by atoms with Crippen LogP contribution in [0.15, 0.2) is 176 Å². The molecule has 244 valence electrons. The highest BCUT2D eigenvalue weighted by Crippen LogP contribution is 2.51. The average Bonchev–Trinajstić information content (AvgIpc) is 3.38. The van der Waals surface area contributed by atoms with E-state index in [4.69, 9.17) is 0 Å². The lowest BCUT2D eigenvalue weighted by molar-refractivity contribution is 0.660. The molecule has 0 spiro atoms. The Labute approximate surface area is 297 Å². The number of hydrogen-bond acceptors (Lipinski definition) is 2. The zero-order chi connectivity index (χ0) is 34.5. The molecule has 6 aromatic rings. The maximum Gasteiger partial charge on any atom is 0.0465 e. The van der Waals surface area contributed by atoms with Crippen LogP contribution in [-0.4, -0.2) is 0 Å². The maximum atomic E-state index is 3.48. The first-order valence-corrected chi connectivity index (χ1v) is 17.5. The van der Waals surface area contributed by atoms with Crippen molar-refractivity contribution in [1.29, 1.82) is 0 Å². The fourth-order valence-electron chi connectivity index (χ4n) is 7.02. The van der Waals surface area contributed by atoms with Gasteiger partial charge in [0.05, 0.1) is 0 Å². The fraction of sp³-hybridized carbons (Fsp3) is 0.125. The minimum Gasteiger partial charge on any atom is -0.311 e. The van der Waals surface area contributed by atoms with Gasteiger partial charge >= 0.3 is 0 Å². The first kappa shape index (κ1) is 32.5. The van der Waals surface area contributed by atoms with Crippen LogP contribution < -0.4 is 9.80 Å². The van der Waals surface area contributed by atoms with Crippen molar-refractivity contribution < 1.29 is 0 Å². The van der Waals surface area contributed by atoms with Crippen molar-refractivity contribution in [3.8, 4) is 23.0 Å². The molecule has 0 amide bonds. The van der Waals surface area contributed by atoms with Gasteiger partial charge in [0.25, 0.3) is 0 Å². The molecule has 0 aliphatic heterocycles. The summed E-state index contributed by atoms with van der Waals surface area (Å²) in [6, 6.07) is 53.9. The summed E-state index contributed by atoms with van der Waals surface area (Å²) < 4.78 is 0. The van der Waals surface area contributed by atoms with Crippen LogP contribution in [-0.2, 0) is 5.41 Å². The summed E-state index contributed by atoms with van der Waals surface area (Å²) in [4.78, 5) is 4.63. The third-order valence-electron chi connectivity index (χ3n) is 9.45. The molecule has 0 bridgehead atoms. The Kier molecular flexibility index (Phi) is 9.24. The lowest BCUT2D eigenvalue weighted by atomic mass is 9.82. The molecule has 7 rings (SSSR count). The summed E-state index contributed by atoms with van der Waals surface area (Å²) in [6.45, 7) is 8.90. The predicted octanol–water partition coefficient (Wildman–Crippen LogP) is 12.9. The largest absolute Gasteiger partial charge is 0.311 e. The van der Waals surface area contributed by atoms with Gasteiger partial charge in [0.2, 0.25) is 0 Å². The van der Waals surface area contributed by atoms with E-state index in [2.05, 4.69) is 219 Å². The van der Waals surface area contributed by atoms with Crippen LogP contribution >= 0.6 is 0 Å². The van der Waals surface area contributed by atoms with E-state index in [-0.39, 0.29) is 5.41 Å². The molecule has 1 aliphatic rings. The highest BCUT2D eigenvalue weighted by atomic mass is 15.1. The smallest absolute Gasteiger partial charge is 0.0465 e. The molecule has 1 aliphatic carbocycles. The second-order valence-corrected chi connectivity index (χ2v) is 13.1. The summed E-state index contributed by atoms with van der Waals surface area (Å²) in [5.74, 6) is 6.92. The topological polar surface area (TPSA) is 6.48 Å². The van der Waals surface area contributed by atoms with E-state index in [0.29, 0.717) is 0 Å². The van der Waals surface area contributed by atoms with Crippen LogP contribution in [0.2, 0.25) is 0 Å². The molecule has 0 radical (unpaired) electrons. The number of fused-ring (bicyclic) bond motifs is 3. The highest BCUT2D eigenvalue weighted by molar-refractivity contribution is 5.86. The summed E-state index contributed by atoms with van der Waals surface area (Å²) in [5.41, 5.74) is 13.9. The second-order valence-electron chi connectivity index (χ2n) is 13.1. The molecule has 0 saturated heterocycles. The van der Waals surface area contributed by atoms with Gasteiger partial charge in [0.1, 0.15) is 0 Å². The van der Waals surface area contributed by atoms with Crippen LogP contribution in [0, 0.1) is 11.8 Å². The number of para-hydroxylation sites is 3. The van der Waals surface area contributed by atoms with Gasteiger partial charge in [0.15, 0.2) is 0 Å². The highest BCUT2D eigenvalue weighted by Gasteiger charge is 2.36. The summed E-state index contributed by atoms with van der Waals surface area (Å²) in [5, 5.41) is 0. The first-order chi connectivity index (χ1) is 24.5. The molecule has 0 atom stereocenters. The van der Waals surface area contributed by atoms with Crippen molar-refractivity contribution in [2.45, 2.75) is 39.5 Å². The lowest BCUT2D eigenvalue weighted by Crippen LogP contribution is -2.16. The predicted molar refractivity (Wildman–Crippen MR) is 213 cm³/mol. The molecule has 2 heteroatoms. The van der Waals surface area contributed by atoms with Crippen molar-refractivity contribution in [3.63, 3.8) is 0 Å². The van der Waals surface area contributed by atoms with E-state index >= 15 is 0 Å². The number of anilines is 5. The molecule has 0 heterocycles. The van der Waals surface area contributed by atoms with Gasteiger partial charge in [-0.25, -0.2) is 0 Å². The minimum atomic E-state index is -0.170. The van der Waals surface area contributed by atoms with Crippen molar-refractivity contribution in [1.82, 2.24) is 0 Å². The Hall–Kier alpha value is -6.04. The Balaban J connectivity index is 1.18. The van der Waals surface area contributed by atoms with Crippen molar-refractivity contribution in [3.05, 3.63) is 198 Å². The number of rotatable bonds is 8. The van der Waals surface area contributed by atoms with Crippen molar-refractivity contribution in [2.75, 3.05) is 9.80 Å². The molecule has 0 unspecified atom stereocenters. The second kappa shape index (κ2) is 14.2. The molecule has 6 aromatic carbocycles. The van der Waals surface area contributed by atoms with Gasteiger partial charge in [-0.1, -0.05) is 111 Å². The summed E-state index contributed by atoms with van der Waals surface area (Å²) >= 11 is 0. The Morgan fingerprint density at radius 2 is 1.04 bits per heavy atom.